The van der Waals surface area contributed by atoms with Crippen molar-refractivity contribution in [3.63, 3.8) is 0 Å². The van der Waals surface area contributed by atoms with E-state index in [4.69, 9.17) is 5.73 Å². The zero-order valence-corrected chi connectivity index (χ0v) is 8.70. The number of nitrogens with two attached hydrogens (primary N) is 1. The van der Waals surface area contributed by atoms with Crippen LogP contribution < -0.4 is 5.73 Å². The maximum absolute atomic E-state index is 5.94. The highest BCUT2D eigenvalue weighted by Gasteiger charge is 2.28. The summed E-state index contributed by atoms with van der Waals surface area (Å²) in [6.07, 6.45) is 1.07. The van der Waals surface area contributed by atoms with Crippen LogP contribution in [0.4, 0.5) is 0 Å². The molecule has 2 heterocycles. The van der Waals surface area contributed by atoms with Crippen molar-refractivity contribution in [2.75, 3.05) is 6.54 Å². The lowest BCUT2D eigenvalue weighted by Crippen LogP contribution is -2.36. The van der Waals surface area contributed by atoms with Crippen LogP contribution in [0.2, 0.25) is 0 Å². The predicted molar refractivity (Wildman–Crippen MR) is 53.6 cm³/mol. The Labute approximate surface area is 83.7 Å². The van der Waals surface area contributed by atoms with E-state index in [1.54, 1.807) is 0 Å². The smallest absolute Gasteiger partial charge is 0.164 e. The zero-order chi connectivity index (χ0) is 10.1. The molecule has 1 aliphatic rings. The first-order valence-electron chi connectivity index (χ1n) is 5.04. The third kappa shape index (κ3) is 1.78. The van der Waals surface area contributed by atoms with Gasteiger partial charge in [0.25, 0.3) is 0 Å². The van der Waals surface area contributed by atoms with E-state index in [-0.39, 0.29) is 0 Å². The van der Waals surface area contributed by atoms with E-state index < -0.39 is 0 Å². The Kier molecular flexibility index (Phi) is 2.52. The van der Waals surface area contributed by atoms with Crippen molar-refractivity contribution in [1.82, 2.24) is 20.1 Å². The monoisotopic (exact) mass is 195 g/mol. The van der Waals surface area contributed by atoms with Crippen LogP contribution in [0.15, 0.2) is 0 Å². The molecule has 1 fully saturated rings. The van der Waals surface area contributed by atoms with Gasteiger partial charge in [-0.2, -0.15) is 5.10 Å². The summed E-state index contributed by atoms with van der Waals surface area (Å²) in [7, 11) is 0. The summed E-state index contributed by atoms with van der Waals surface area (Å²) in [5.74, 6) is 1.74. The van der Waals surface area contributed by atoms with Gasteiger partial charge in [0.05, 0.1) is 6.54 Å². The average Bonchev–Trinajstić information content (AvgIpc) is 2.67. The maximum atomic E-state index is 5.94. The molecular weight excluding hydrogens is 178 g/mol. The molecule has 0 saturated carbocycles. The first-order valence-corrected chi connectivity index (χ1v) is 5.04. The van der Waals surface area contributed by atoms with Crippen molar-refractivity contribution in [1.29, 1.82) is 0 Å². The van der Waals surface area contributed by atoms with E-state index in [0.29, 0.717) is 12.1 Å². The Bertz CT molecular complexity index is 308. The number of nitrogens with zero attached hydrogens (tertiary/aromatic N) is 3. The molecule has 3 N–H and O–H groups in total. The number of rotatable bonds is 2. The van der Waals surface area contributed by atoms with Crippen molar-refractivity contribution >= 4 is 0 Å². The number of aryl methyl sites for hydroxylation is 1. The van der Waals surface area contributed by atoms with E-state index in [2.05, 4.69) is 27.0 Å². The quantitative estimate of drug-likeness (QED) is 0.698. The van der Waals surface area contributed by atoms with Gasteiger partial charge in [0.15, 0.2) is 5.82 Å². The van der Waals surface area contributed by atoms with Crippen LogP contribution >= 0.6 is 0 Å². The fourth-order valence-corrected chi connectivity index (χ4v) is 1.89. The van der Waals surface area contributed by atoms with Gasteiger partial charge in [-0.1, -0.05) is 0 Å². The van der Waals surface area contributed by atoms with E-state index in [9.17, 15) is 0 Å². The fourth-order valence-electron chi connectivity index (χ4n) is 1.89. The molecule has 5 heteroatoms. The molecule has 0 amide bonds. The molecular formula is C9H17N5. The first kappa shape index (κ1) is 9.61. The molecule has 0 bridgehead atoms. The highest BCUT2D eigenvalue weighted by molar-refractivity contribution is 4.93. The van der Waals surface area contributed by atoms with Crippen LogP contribution in [0.1, 0.15) is 25.0 Å². The molecule has 0 aromatic carbocycles. The van der Waals surface area contributed by atoms with Gasteiger partial charge < -0.3 is 5.73 Å². The SMILES string of the molecule is Cc1nc(CN2CCC(N)C2C)n[nH]1. The van der Waals surface area contributed by atoms with Crippen molar-refractivity contribution in [3.05, 3.63) is 11.6 Å². The highest BCUT2D eigenvalue weighted by atomic mass is 15.3. The second-order valence-corrected chi connectivity index (χ2v) is 4.00. The predicted octanol–water partition coefficient (Wildman–Crippen LogP) is 0.0346. The Morgan fingerprint density at radius 2 is 2.43 bits per heavy atom. The summed E-state index contributed by atoms with van der Waals surface area (Å²) in [4.78, 5) is 6.61. The van der Waals surface area contributed by atoms with Gasteiger partial charge in [-0.3, -0.25) is 10.00 Å². The zero-order valence-electron chi connectivity index (χ0n) is 8.70. The first-order chi connectivity index (χ1) is 6.66. The van der Waals surface area contributed by atoms with E-state index >= 15 is 0 Å². The largest absolute Gasteiger partial charge is 0.326 e. The normalized spacial score (nSPS) is 28.5. The Hall–Kier alpha value is -0.940. The van der Waals surface area contributed by atoms with Crippen LogP contribution in [0, 0.1) is 6.92 Å². The standard InChI is InChI=1S/C9H17N5/c1-6-8(10)3-4-14(6)5-9-11-7(2)12-13-9/h6,8H,3-5,10H2,1-2H3,(H,11,12,13). The fraction of sp³-hybridized carbons (Fsp3) is 0.778. The molecule has 14 heavy (non-hydrogen) atoms. The molecule has 0 radical (unpaired) electrons. The van der Waals surface area contributed by atoms with Gasteiger partial charge in [0, 0.05) is 18.6 Å². The summed E-state index contributed by atoms with van der Waals surface area (Å²) in [5.41, 5.74) is 5.94. The van der Waals surface area contributed by atoms with Crippen LogP contribution in [0.3, 0.4) is 0 Å². The van der Waals surface area contributed by atoms with Crippen LogP contribution in [0.25, 0.3) is 0 Å². The summed E-state index contributed by atoms with van der Waals surface area (Å²) >= 11 is 0. The third-order valence-corrected chi connectivity index (χ3v) is 2.93. The minimum atomic E-state index is 0.301. The molecule has 2 atom stereocenters. The molecule has 78 valence electrons. The minimum absolute atomic E-state index is 0.301. The molecule has 0 spiro atoms. The lowest BCUT2D eigenvalue weighted by atomic mass is 10.2. The summed E-state index contributed by atoms with van der Waals surface area (Å²) in [6.45, 7) is 5.93. The van der Waals surface area contributed by atoms with Gasteiger partial charge in [-0.05, 0) is 20.3 Å². The third-order valence-electron chi connectivity index (χ3n) is 2.93. The number of aromatic amines is 1. The molecule has 5 nitrogen and oxygen atoms in total. The molecule has 2 unspecified atom stereocenters. The molecule has 1 saturated heterocycles. The van der Waals surface area contributed by atoms with E-state index in [1.165, 1.54) is 0 Å². The van der Waals surface area contributed by atoms with Crippen molar-refractivity contribution in [3.8, 4) is 0 Å². The Morgan fingerprint density at radius 1 is 1.64 bits per heavy atom. The van der Waals surface area contributed by atoms with Crippen molar-refractivity contribution in [2.24, 2.45) is 5.73 Å². The number of nitrogens with one attached hydrogen (secondary N) is 1. The topological polar surface area (TPSA) is 70.8 Å². The van der Waals surface area contributed by atoms with Gasteiger partial charge in [-0.25, -0.2) is 4.98 Å². The Morgan fingerprint density at radius 3 is 2.93 bits per heavy atom. The number of hydrogen-bond donors (Lipinski definition) is 2. The maximum Gasteiger partial charge on any atom is 0.164 e. The molecule has 0 aliphatic carbocycles. The van der Waals surface area contributed by atoms with Crippen molar-refractivity contribution < 1.29 is 0 Å². The summed E-state index contributed by atoms with van der Waals surface area (Å²) in [5, 5.41) is 6.97. The van der Waals surface area contributed by atoms with E-state index in [0.717, 1.165) is 31.2 Å². The van der Waals surface area contributed by atoms with Crippen LogP contribution in [-0.2, 0) is 6.54 Å². The lowest BCUT2D eigenvalue weighted by Gasteiger charge is -2.20. The molecule has 2 rings (SSSR count). The van der Waals surface area contributed by atoms with Gasteiger partial charge >= 0.3 is 0 Å². The minimum Gasteiger partial charge on any atom is -0.326 e. The van der Waals surface area contributed by atoms with Gasteiger partial charge in [0.1, 0.15) is 5.82 Å². The molecule has 1 aromatic heterocycles. The second-order valence-electron chi connectivity index (χ2n) is 4.00. The Balaban J connectivity index is 1.98. The summed E-state index contributed by atoms with van der Waals surface area (Å²) < 4.78 is 0. The van der Waals surface area contributed by atoms with Crippen molar-refractivity contribution in [2.45, 2.75) is 38.9 Å². The lowest BCUT2D eigenvalue weighted by molar-refractivity contribution is 0.246. The highest BCUT2D eigenvalue weighted by Crippen LogP contribution is 2.17. The van der Waals surface area contributed by atoms with Gasteiger partial charge in [-0.15, -0.1) is 0 Å². The summed E-state index contributed by atoms with van der Waals surface area (Å²) in [6, 6.07) is 0.740. The van der Waals surface area contributed by atoms with Crippen LogP contribution in [0.5, 0.6) is 0 Å². The van der Waals surface area contributed by atoms with Gasteiger partial charge in [0.2, 0.25) is 0 Å². The molecule has 1 aromatic rings. The number of hydrogen-bond acceptors (Lipinski definition) is 4. The molecule has 1 aliphatic heterocycles. The van der Waals surface area contributed by atoms with Crippen LogP contribution in [-0.4, -0.2) is 38.7 Å². The number of likely N-dealkylation sites (tertiary alicyclic amines) is 1. The average molecular weight is 195 g/mol. The number of aromatic nitrogens is 3. The van der Waals surface area contributed by atoms with E-state index in [1.807, 2.05) is 6.92 Å². The second kappa shape index (κ2) is 3.67. The number of H-pyrrole nitrogens is 1.